The minimum Gasteiger partial charge on any atom is -0.493 e. The summed E-state index contributed by atoms with van der Waals surface area (Å²) < 4.78 is 40.0. The van der Waals surface area contributed by atoms with Crippen LogP contribution in [0, 0.1) is 18.7 Å². The zero-order valence-electron chi connectivity index (χ0n) is 19.5. The van der Waals surface area contributed by atoms with E-state index in [1.807, 2.05) is 38.1 Å². The summed E-state index contributed by atoms with van der Waals surface area (Å²) in [6.07, 6.45) is 5.72. The van der Waals surface area contributed by atoms with Crippen LogP contribution in [0.4, 0.5) is 8.78 Å². The number of allylic oxidation sites excluding steroid dienone is 4. The molecule has 0 saturated carbocycles. The van der Waals surface area contributed by atoms with E-state index in [1.165, 1.54) is 28.3 Å². The molecule has 0 fully saturated rings. The molecule has 2 aliphatic carbocycles. The van der Waals surface area contributed by atoms with Gasteiger partial charge >= 0.3 is 0 Å². The lowest BCUT2D eigenvalue weighted by atomic mass is 10.0. The molecule has 0 heterocycles. The highest BCUT2D eigenvalue weighted by Gasteiger charge is 2.20. The predicted octanol–water partition coefficient (Wildman–Crippen LogP) is 7.87. The summed E-state index contributed by atoms with van der Waals surface area (Å²) in [5, 5.41) is 0. The molecule has 0 aromatic heterocycles. The van der Waals surface area contributed by atoms with Crippen LogP contribution in [-0.4, -0.2) is 6.61 Å². The van der Waals surface area contributed by atoms with Gasteiger partial charge < -0.3 is 9.47 Å². The average molecular weight is 459 g/mol. The van der Waals surface area contributed by atoms with Crippen molar-refractivity contribution in [2.75, 3.05) is 6.61 Å². The molecule has 0 amide bonds. The second-order valence-electron chi connectivity index (χ2n) is 9.35. The molecule has 3 aromatic rings. The van der Waals surface area contributed by atoms with Crippen molar-refractivity contribution in [1.82, 2.24) is 0 Å². The Morgan fingerprint density at radius 3 is 2.26 bits per heavy atom. The predicted molar refractivity (Wildman–Crippen MR) is 131 cm³/mol. The standard InChI is InChI=1S/C30H28F2O2/c1-19-3-5-21(13-25(31)11-19)17-33-26-7-9-28-23(15-26)14-24-16-27(8-10-29(24)28)34-18-22-6-4-20(2)12-30(22)32/h3-4,6-12,15-16,21H,5,13-14,17-18H2,1-2H3. The Labute approximate surface area is 199 Å². The Balaban J connectivity index is 1.23. The average Bonchev–Trinajstić information content (AvgIpc) is 3.07. The van der Waals surface area contributed by atoms with E-state index in [0.717, 1.165) is 35.5 Å². The van der Waals surface area contributed by atoms with Crippen LogP contribution in [0.25, 0.3) is 11.1 Å². The number of benzene rings is 3. The van der Waals surface area contributed by atoms with E-state index in [0.29, 0.717) is 18.6 Å². The van der Waals surface area contributed by atoms with E-state index in [1.54, 1.807) is 12.1 Å². The molecule has 174 valence electrons. The summed E-state index contributed by atoms with van der Waals surface area (Å²) in [6, 6.07) is 17.4. The van der Waals surface area contributed by atoms with Crippen molar-refractivity contribution < 1.29 is 18.3 Å². The molecule has 0 N–H and O–H groups in total. The van der Waals surface area contributed by atoms with Gasteiger partial charge in [0.05, 0.1) is 6.61 Å². The second-order valence-corrected chi connectivity index (χ2v) is 9.35. The minimum absolute atomic E-state index is 0.0765. The number of halogens is 2. The lowest BCUT2D eigenvalue weighted by molar-refractivity contribution is 0.243. The fourth-order valence-electron chi connectivity index (χ4n) is 4.69. The van der Waals surface area contributed by atoms with Gasteiger partial charge in [0.25, 0.3) is 0 Å². The van der Waals surface area contributed by atoms with Gasteiger partial charge in [-0.05, 0) is 90.9 Å². The van der Waals surface area contributed by atoms with Gasteiger partial charge in [-0.2, -0.15) is 0 Å². The third kappa shape index (κ3) is 4.91. The highest BCUT2D eigenvalue weighted by molar-refractivity contribution is 5.78. The zero-order valence-corrected chi connectivity index (χ0v) is 19.5. The zero-order chi connectivity index (χ0) is 23.7. The molecule has 3 aromatic carbocycles. The van der Waals surface area contributed by atoms with Crippen molar-refractivity contribution in [3.05, 3.63) is 106 Å². The fraction of sp³-hybridized carbons (Fsp3) is 0.267. The van der Waals surface area contributed by atoms with E-state index in [2.05, 4.69) is 24.3 Å². The molecule has 0 aliphatic heterocycles. The summed E-state index contributed by atoms with van der Waals surface area (Å²) in [7, 11) is 0. The smallest absolute Gasteiger partial charge is 0.130 e. The van der Waals surface area contributed by atoms with Crippen LogP contribution in [-0.2, 0) is 13.0 Å². The van der Waals surface area contributed by atoms with Gasteiger partial charge in [0.1, 0.15) is 29.8 Å². The monoisotopic (exact) mass is 458 g/mol. The molecule has 0 radical (unpaired) electrons. The largest absolute Gasteiger partial charge is 0.493 e. The number of ether oxygens (including phenoxy) is 2. The number of hydrogen-bond donors (Lipinski definition) is 0. The molecule has 1 unspecified atom stereocenters. The quantitative estimate of drug-likeness (QED) is 0.293. The van der Waals surface area contributed by atoms with E-state index >= 15 is 0 Å². The van der Waals surface area contributed by atoms with Crippen LogP contribution in [0.5, 0.6) is 11.5 Å². The van der Waals surface area contributed by atoms with Crippen LogP contribution < -0.4 is 9.47 Å². The fourth-order valence-corrected chi connectivity index (χ4v) is 4.69. The van der Waals surface area contributed by atoms with Crippen LogP contribution in [0.3, 0.4) is 0 Å². The van der Waals surface area contributed by atoms with E-state index in [-0.39, 0.29) is 24.2 Å². The summed E-state index contributed by atoms with van der Waals surface area (Å²) in [5.74, 6) is 1.36. The molecule has 2 nitrogen and oxygen atoms in total. The summed E-state index contributed by atoms with van der Waals surface area (Å²) in [4.78, 5) is 0. The maximum absolute atomic E-state index is 14.1. The molecule has 2 aliphatic rings. The maximum atomic E-state index is 14.1. The third-order valence-corrected chi connectivity index (χ3v) is 6.55. The van der Waals surface area contributed by atoms with E-state index in [4.69, 9.17) is 9.47 Å². The highest BCUT2D eigenvalue weighted by atomic mass is 19.1. The van der Waals surface area contributed by atoms with Gasteiger partial charge in [-0.15, -0.1) is 0 Å². The Hall–Kier alpha value is -3.40. The summed E-state index contributed by atoms with van der Waals surface area (Å²) >= 11 is 0. The molecular formula is C30H28F2O2. The van der Waals surface area contributed by atoms with E-state index in [9.17, 15) is 8.78 Å². The number of aryl methyl sites for hydroxylation is 1. The first-order valence-corrected chi connectivity index (χ1v) is 11.7. The molecule has 34 heavy (non-hydrogen) atoms. The van der Waals surface area contributed by atoms with Crippen molar-refractivity contribution in [2.45, 2.75) is 39.7 Å². The molecule has 1 atom stereocenters. The number of rotatable bonds is 6. The first kappa shape index (κ1) is 22.4. The van der Waals surface area contributed by atoms with Gasteiger partial charge in [-0.3, -0.25) is 0 Å². The van der Waals surface area contributed by atoms with Crippen molar-refractivity contribution in [1.29, 1.82) is 0 Å². The number of fused-ring (bicyclic) bond motifs is 3. The lowest BCUT2D eigenvalue weighted by Gasteiger charge is -2.15. The van der Waals surface area contributed by atoms with Gasteiger partial charge in [-0.25, -0.2) is 8.78 Å². The van der Waals surface area contributed by atoms with Crippen LogP contribution in [0.1, 0.15) is 42.0 Å². The Bertz CT molecular complexity index is 1290. The van der Waals surface area contributed by atoms with Crippen molar-refractivity contribution >= 4 is 0 Å². The maximum Gasteiger partial charge on any atom is 0.130 e. The van der Waals surface area contributed by atoms with Gasteiger partial charge in [-0.1, -0.05) is 35.9 Å². The van der Waals surface area contributed by atoms with Crippen LogP contribution in [0.15, 0.2) is 78.1 Å². The topological polar surface area (TPSA) is 18.5 Å². The normalized spacial score (nSPS) is 16.8. The minimum atomic E-state index is -0.241. The SMILES string of the molecule is CC1=CCC(COc2ccc3c(c2)Cc2cc(OCc4ccc(C)cc4F)ccc2-3)CC(F)=C1. The Morgan fingerprint density at radius 2 is 1.56 bits per heavy atom. The van der Waals surface area contributed by atoms with Crippen LogP contribution in [0.2, 0.25) is 0 Å². The molecular weight excluding hydrogens is 430 g/mol. The van der Waals surface area contributed by atoms with E-state index < -0.39 is 0 Å². The summed E-state index contributed by atoms with van der Waals surface area (Å²) in [5.41, 5.74) is 7.19. The molecule has 0 saturated heterocycles. The first-order valence-electron chi connectivity index (χ1n) is 11.7. The number of hydrogen-bond acceptors (Lipinski definition) is 2. The Kier molecular flexibility index (Phi) is 6.23. The third-order valence-electron chi connectivity index (χ3n) is 6.55. The van der Waals surface area contributed by atoms with Gasteiger partial charge in [0.2, 0.25) is 0 Å². The molecule has 4 heteroatoms. The second kappa shape index (κ2) is 9.46. The molecule has 0 bridgehead atoms. The van der Waals surface area contributed by atoms with Crippen molar-refractivity contribution in [3.8, 4) is 22.6 Å². The Morgan fingerprint density at radius 1 is 0.853 bits per heavy atom. The van der Waals surface area contributed by atoms with Crippen molar-refractivity contribution in [3.63, 3.8) is 0 Å². The highest BCUT2D eigenvalue weighted by Crippen LogP contribution is 2.40. The van der Waals surface area contributed by atoms with Gasteiger partial charge in [0.15, 0.2) is 0 Å². The molecule has 0 spiro atoms. The van der Waals surface area contributed by atoms with Crippen molar-refractivity contribution in [2.24, 2.45) is 5.92 Å². The summed E-state index contributed by atoms with van der Waals surface area (Å²) in [6.45, 7) is 4.49. The van der Waals surface area contributed by atoms with Gasteiger partial charge in [0, 0.05) is 17.9 Å². The lowest BCUT2D eigenvalue weighted by Crippen LogP contribution is -2.11. The first-order chi connectivity index (χ1) is 16.4. The van der Waals surface area contributed by atoms with Crippen LogP contribution >= 0.6 is 0 Å². The molecule has 5 rings (SSSR count).